The summed E-state index contributed by atoms with van der Waals surface area (Å²) in [5.74, 6) is 0.848. The molecule has 0 heterocycles. The summed E-state index contributed by atoms with van der Waals surface area (Å²) in [5, 5.41) is 9.83. The third-order valence-corrected chi connectivity index (χ3v) is 3.48. The summed E-state index contributed by atoms with van der Waals surface area (Å²) in [6.45, 7) is 3.17. The molecule has 0 aliphatic heterocycles. The lowest BCUT2D eigenvalue weighted by Gasteiger charge is -2.27. The Morgan fingerprint density at radius 2 is 2.06 bits per heavy atom. The van der Waals surface area contributed by atoms with Gasteiger partial charge in [0.15, 0.2) is 0 Å². The summed E-state index contributed by atoms with van der Waals surface area (Å²) in [6, 6.07) is 7.83. The molecule has 0 spiro atoms. The summed E-state index contributed by atoms with van der Waals surface area (Å²) < 4.78 is 10.8. The number of hydrogen-bond donors (Lipinski definition) is 1. The van der Waals surface area contributed by atoms with Crippen LogP contribution in [0.1, 0.15) is 18.9 Å². The Balaban J connectivity index is 1.81. The molecule has 0 fully saturated rings. The van der Waals surface area contributed by atoms with E-state index >= 15 is 0 Å². The van der Waals surface area contributed by atoms with Crippen LogP contribution in [0.2, 0.25) is 0 Å². The predicted octanol–water partition coefficient (Wildman–Crippen LogP) is 2.54. The first-order valence-corrected chi connectivity index (χ1v) is 6.19. The van der Waals surface area contributed by atoms with Crippen LogP contribution < -0.4 is 4.74 Å². The number of hydrogen-bond acceptors (Lipinski definition) is 3. The molecule has 1 aliphatic carbocycles. The van der Waals surface area contributed by atoms with Gasteiger partial charge in [-0.3, -0.25) is 0 Å². The Morgan fingerprint density at radius 1 is 1.33 bits per heavy atom. The van der Waals surface area contributed by atoms with Gasteiger partial charge >= 0.3 is 0 Å². The van der Waals surface area contributed by atoms with Crippen molar-refractivity contribution in [2.24, 2.45) is 5.41 Å². The fraction of sp³-hybridized carbons (Fsp3) is 0.467. The lowest BCUT2D eigenvalue weighted by molar-refractivity contribution is -0.0105. The van der Waals surface area contributed by atoms with Gasteiger partial charge in [-0.2, -0.15) is 0 Å². The molecule has 0 radical (unpaired) electrons. The fourth-order valence-electron chi connectivity index (χ4n) is 2.09. The fourth-order valence-corrected chi connectivity index (χ4v) is 2.09. The molecule has 3 nitrogen and oxygen atoms in total. The second kappa shape index (κ2) is 5.55. The van der Waals surface area contributed by atoms with Crippen molar-refractivity contribution < 1.29 is 14.6 Å². The largest absolute Gasteiger partial charge is 0.497 e. The maximum absolute atomic E-state index is 9.83. The van der Waals surface area contributed by atoms with Crippen molar-refractivity contribution in [2.75, 3.05) is 13.7 Å². The van der Waals surface area contributed by atoms with E-state index in [4.69, 9.17) is 9.47 Å². The lowest BCUT2D eigenvalue weighted by Crippen LogP contribution is -2.31. The predicted molar refractivity (Wildman–Crippen MR) is 70.5 cm³/mol. The highest BCUT2D eigenvalue weighted by Crippen LogP contribution is 2.33. The van der Waals surface area contributed by atoms with Crippen molar-refractivity contribution >= 4 is 0 Å². The molecule has 0 saturated heterocycles. The molecule has 1 aliphatic rings. The van der Waals surface area contributed by atoms with Gasteiger partial charge in [0, 0.05) is 5.41 Å². The Hall–Kier alpha value is -1.32. The first-order chi connectivity index (χ1) is 8.64. The van der Waals surface area contributed by atoms with E-state index in [1.807, 2.05) is 43.3 Å². The van der Waals surface area contributed by atoms with Gasteiger partial charge in [-0.15, -0.1) is 0 Å². The molecular formula is C15H20O3. The molecule has 2 rings (SSSR count). The average molecular weight is 248 g/mol. The molecular weight excluding hydrogens is 228 g/mol. The van der Waals surface area contributed by atoms with E-state index in [1.165, 1.54) is 0 Å². The Kier molecular flexibility index (Phi) is 4.04. The molecule has 1 aromatic carbocycles. The van der Waals surface area contributed by atoms with Gasteiger partial charge in [-0.05, 0) is 24.1 Å². The zero-order chi connectivity index (χ0) is 13.0. The van der Waals surface area contributed by atoms with Crippen LogP contribution in [0.15, 0.2) is 36.4 Å². The molecule has 18 heavy (non-hydrogen) atoms. The molecule has 0 bridgehead atoms. The van der Waals surface area contributed by atoms with E-state index in [1.54, 1.807) is 7.11 Å². The highest BCUT2D eigenvalue weighted by molar-refractivity contribution is 5.26. The number of allylic oxidation sites excluding steroid dienone is 1. The number of methoxy groups -OCH3 is 1. The first-order valence-electron chi connectivity index (χ1n) is 6.19. The normalized spacial score (nSPS) is 26.5. The second-order valence-electron chi connectivity index (χ2n) is 5.07. The van der Waals surface area contributed by atoms with Gasteiger partial charge < -0.3 is 14.6 Å². The van der Waals surface area contributed by atoms with E-state index in [9.17, 15) is 5.11 Å². The first kappa shape index (κ1) is 13.1. The minimum Gasteiger partial charge on any atom is -0.497 e. The highest BCUT2D eigenvalue weighted by atomic mass is 16.5. The summed E-state index contributed by atoms with van der Waals surface area (Å²) in [7, 11) is 1.65. The van der Waals surface area contributed by atoms with Gasteiger partial charge in [-0.25, -0.2) is 0 Å². The van der Waals surface area contributed by atoms with E-state index in [2.05, 4.69) is 0 Å². The van der Waals surface area contributed by atoms with Crippen molar-refractivity contribution in [3.63, 3.8) is 0 Å². The van der Waals surface area contributed by atoms with Crippen LogP contribution in [-0.2, 0) is 11.3 Å². The minimum absolute atomic E-state index is 0.174. The van der Waals surface area contributed by atoms with Crippen molar-refractivity contribution in [1.29, 1.82) is 0 Å². The van der Waals surface area contributed by atoms with E-state index in [0.717, 1.165) is 17.7 Å². The van der Waals surface area contributed by atoms with Crippen LogP contribution in [0.4, 0.5) is 0 Å². The quantitative estimate of drug-likeness (QED) is 0.814. The summed E-state index contributed by atoms with van der Waals surface area (Å²) in [4.78, 5) is 0. The second-order valence-corrected chi connectivity index (χ2v) is 5.07. The van der Waals surface area contributed by atoms with Crippen LogP contribution in [0.5, 0.6) is 5.75 Å². The van der Waals surface area contributed by atoms with Crippen molar-refractivity contribution in [1.82, 2.24) is 0 Å². The third-order valence-electron chi connectivity index (χ3n) is 3.48. The topological polar surface area (TPSA) is 38.7 Å². The van der Waals surface area contributed by atoms with Gasteiger partial charge in [0.25, 0.3) is 0 Å². The summed E-state index contributed by atoms with van der Waals surface area (Å²) in [6.07, 6.45) is 4.34. The van der Waals surface area contributed by atoms with Crippen molar-refractivity contribution in [3.8, 4) is 5.75 Å². The Labute approximate surface area is 108 Å². The molecule has 0 unspecified atom stereocenters. The van der Waals surface area contributed by atoms with Crippen LogP contribution in [-0.4, -0.2) is 24.9 Å². The molecule has 2 atom stereocenters. The lowest BCUT2D eigenvalue weighted by atomic mass is 9.87. The van der Waals surface area contributed by atoms with Gasteiger partial charge in [0.2, 0.25) is 0 Å². The third kappa shape index (κ3) is 2.92. The smallest absolute Gasteiger partial charge is 0.118 e. The van der Waals surface area contributed by atoms with E-state index in [0.29, 0.717) is 13.2 Å². The standard InChI is InChI=1S/C15H20O3/c1-15(9-3-4-14(15)16)11-18-10-12-5-7-13(17-2)8-6-12/h3-8,14,16H,9-11H2,1-2H3/t14-,15-/m1/s1. The van der Waals surface area contributed by atoms with Crippen LogP contribution >= 0.6 is 0 Å². The molecule has 98 valence electrons. The van der Waals surface area contributed by atoms with Gasteiger partial charge in [-0.1, -0.05) is 31.2 Å². The zero-order valence-corrected chi connectivity index (χ0v) is 10.9. The van der Waals surface area contributed by atoms with Crippen molar-refractivity contribution in [2.45, 2.75) is 26.1 Å². The minimum atomic E-state index is -0.395. The number of benzene rings is 1. The van der Waals surface area contributed by atoms with Gasteiger partial charge in [0.05, 0.1) is 26.4 Å². The Morgan fingerprint density at radius 3 is 2.61 bits per heavy atom. The Bertz CT molecular complexity index is 410. The molecule has 0 saturated carbocycles. The van der Waals surface area contributed by atoms with Crippen molar-refractivity contribution in [3.05, 3.63) is 42.0 Å². The zero-order valence-electron chi connectivity index (χ0n) is 10.9. The van der Waals surface area contributed by atoms with Gasteiger partial charge in [0.1, 0.15) is 5.75 Å². The molecule has 3 heteroatoms. The highest BCUT2D eigenvalue weighted by Gasteiger charge is 2.34. The summed E-state index contributed by atoms with van der Waals surface area (Å²) >= 11 is 0. The number of aliphatic hydroxyl groups is 1. The maximum Gasteiger partial charge on any atom is 0.118 e. The van der Waals surface area contributed by atoms with Crippen LogP contribution in [0.25, 0.3) is 0 Å². The van der Waals surface area contributed by atoms with Crippen LogP contribution in [0, 0.1) is 5.41 Å². The SMILES string of the molecule is COc1ccc(COC[C@@]2(C)CC=C[C@H]2O)cc1. The monoisotopic (exact) mass is 248 g/mol. The molecule has 0 aromatic heterocycles. The molecule has 1 aromatic rings. The maximum atomic E-state index is 9.83. The number of ether oxygens (including phenoxy) is 2. The van der Waals surface area contributed by atoms with E-state index in [-0.39, 0.29) is 5.41 Å². The number of aliphatic hydroxyl groups excluding tert-OH is 1. The summed E-state index contributed by atoms with van der Waals surface area (Å²) in [5.41, 5.74) is 0.937. The molecule has 1 N–H and O–H groups in total. The van der Waals surface area contributed by atoms with Crippen LogP contribution in [0.3, 0.4) is 0 Å². The van der Waals surface area contributed by atoms with E-state index < -0.39 is 6.10 Å². The average Bonchev–Trinajstić information content (AvgIpc) is 2.71. The number of rotatable bonds is 5. The molecule has 0 amide bonds.